The summed E-state index contributed by atoms with van der Waals surface area (Å²) in [5, 5.41) is 26.0. The number of hydrogen-bond donors (Lipinski definition) is 2. The number of carbonyl (C=O) groups excluding carboxylic acids is 1. The maximum atomic E-state index is 12.5. The smallest absolute Gasteiger partial charge is 0.228 e. The van der Waals surface area contributed by atoms with Crippen molar-refractivity contribution in [3.05, 3.63) is 36.2 Å². The van der Waals surface area contributed by atoms with Crippen molar-refractivity contribution >= 4 is 22.6 Å². The Morgan fingerprint density at radius 1 is 1.21 bits per heavy atom. The number of aromatic nitrogens is 4. The van der Waals surface area contributed by atoms with Crippen LogP contribution in [0, 0.1) is 5.92 Å². The summed E-state index contributed by atoms with van der Waals surface area (Å²) in [7, 11) is 3.88. The second kappa shape index (κ2) is 7.65. The average molecular weight is 380 g/mol. The fraction of sp³-hybridized carbons (Fsp3) is 0.400. The summed E-state index contributed by atoms with van der Waals surface area (Å²) in [5.74, 6) is 0.484. The molecule has 8 nitrogen and oxygen atoms in total. The van der Waals surface area contributed by atoms with Gasteiger partial charge in [-0.2, -0.15) is 5.10 Å². The number of benzene rings is 1. The van der Waals surface area contributed by atoms with E-state index in [2.05, 4.69) is 32.6 Å². The van der Waals surface area contributed by atoms with E-state index in [4.69, 9.17) is 0 Å². The number of likely N-dealkylation sites (tertiary alicyclic amines) is 1. The molecule has 0 spiro atoms. The molecule has 28 heavy (non-hydrogen) atoms. The molecular weight excluding hydrogens is 356 g/mol. The van der Waals surface area contributed by atoms with E-state index in [0.29, 0.717) is 5.82 Å². The summed E-state index contributed by atoms with van der Waals surface area (Å²) < 4.78 is 1.66. The maximum absolute atomic E-state index is 12.5. The summed E-state index contributed by atoms with van der Waals surface area (Å²) in [6, 6.07) is 7.64. The Morgan fingerprint density at radius 3 is 2.75 bits per heavy atom. The molecule has 1 fully saturated rings. The van der Waals surface area contributed by atoms with Crippen LogP contribution in [0.2, 0.25) is 0 Å². The predicted molar refractivity (Wildman–Crippen MR) is 107 cm³/mol. The van der Waals surface area contributed by atoms with Gasteiger partial charge in [0.25, 0.3) is 0 Å². The number of anilines is 1. The van der Waals surface area contributed by atoms with Crippen molar-refractivity contribution in [3.63, 3.8) is 0 Å². The van der Waals surface area contributed by atoms with Gasteiger partial charge in [0.2, 0.25) is 5.91 Å². The van der Waals surface area contributed by atoms with E-state index in [9.17, 15) is 9.90 Å². The van der Waals surface area contributed by atoms with Gasteiger partial charge in [0.1, 0.15) is 0 Å². The summed E-state index contributed by atoms with van der Waals surface area (Å²) >= 11 is 0. The number of nitrogens with one attached hydrogen (secondary N) is 1. The van der Waals surface area contributed by atoms with E-state index in [1.165, 1.54) is 0 Å². The molecule has 3 aromatic rings. The van der Waals surface area contributed by atoms with E-state index in [1.807, 2.05) is 24.3 Å². The third kappa shape index (κ3) is 3.61. The normalized spacial score (nSPS) is 15.8. The van der Waals surface area contributed by atoms with Crippen LogP contribution in [0.1, 0.15) is 18.5 Å². The Balaban J connectivity index is 1.58. The minimum atomic E-state index is -0.0870. The quantitative estimate of drug-likeness (QED) is 0.717. The van der Waals surface area contributed by atoms with Gasteiger partial charge in [-0.05, 0) is 56.7 Å². The molecule has 1 aliphatic heterocycles. The second-order valence-corrected chi connectivity index (χ2v) is 7.36. The highest BCUT2D eigenvalue weighted by molar-refractivity contribution is 5.94. The molecule has 0 atom stereocenters. The molecule has 0 unspecified atom stereocenters. The van der Waals surface area contributed by atoms with Crippen LogP contribution in [-0.2, 0) is 18.4 Å². The van der Waals surface area contributed by atoms with Gasteiger partial charge in [0, 0.05) is 23.9 Å². The monoisotopic (exact) mass is 380 g/mol. The lowest BCUT2D eigenvalue weighted by Gasteiger charge is -2.27. The molecule has 0 saturated carbocycles. The third-order valence-corrected chi connectivity index (χ3v) is 5.45. The number of piperidine rings is 1. The number of nitrogens with zero attached hydrogens (tertiary/aromatic N) is 5. The van der Waals surface area contributed by atoms with Crippen LogP contribution in [0.5, 0.6) is 0 Å². The predicted octanol–water partition coefficient (Wildman–Crippen LogP) is 1.80. The largest absolute Gasteiger partial charge is 0.390 e. The van der Waals surface area contributed by atoms with Crippen molar-refractivity contribution in [2.75, 3.05) is 25.5 Å². The van der Waals surface area contributed by atoms with Crippen molar-refractivity contribution in [2.45, 2.75) is 19.4 Å². The molecule has 4 rings (SSSR count). The number of fused-ring (bicyclic) bond motifs is 1. The summed E-state index contributed by atoms with van der Waals surface area (Å²) in [6.07, 6.45) is 3.46. The molecular formula is C20H24N6O2. The van der Waals surface area contributed by atoms with Crippen molar-refractivity contribution in [1.82, 2.24) is 24.9 Å². The zero-order valence-corrected chi connectivity index (χ0v) is 16.1. The Hall–Kier alpha value is -2.84. The zero-order chi connectivity index (χ0) is 19.7. The molecule has 1 amide bonds. The highest BCUT2D eigenvalue weighted by Crippen LogP contribution is 2.27. The van der Waals surface area contributed by atoms with Crippen LogP contribution in [0.3, 0.4) is 0 Å². The molecule has 1 aliphatic rings. The van der Waals surface area contributed by atoms with Gasteiger partial charge in [-0.15, -0.1) is 10.2 Å². The number of carbonyl (C=O) groups is 1. The fourth-order valence-electron chi connectivity index (χ4n) is 3.66. The van der Waals surface area contributed by atoms with Crippen LogP contribution in [0.25, 0.3) is 22.0 Å². The number of rotatable bonds is 4. The summed E-state index contributed by atoms with van der Waals surface area (Å²) in [4.78, 5) is 14.8. The lowest BCUT2D eigenvalue weighted by atomic mass is 9.96. The first-order valence-corrected chi connectivity index (χ1v) is 9.44. The number of hydrogen-bond acceptors (Lipinski definition) is 6. The molecule has 8 heteroatoms. The first-order chi connectivity index (χ1) is 13.5. The molecule has 0 bridgehead atoms. The number of aryl methyl sites for hydroxylation is 1. The first-order valence-electron chi connectivity index (χ1n) is 9.44. The van der Waals surface area contributed by atoms with Crippen molar-refractivity contribution in [1.29, 1.82) is 0 Å². The zero-order valence-electron chi connectivity index (χ0n) is 16.1. The third-order valence-electron chi connectivity index (χ3n) is 5.45. The van der Waals surface area contributed by atoms with Crippen LogP contribution in [-0.4, -0.2) is 56.0 Å². The van der Waals surface area contributed by atoms with E-state index < -0.39 is 0 Å². The van der Waals surface area contributed by atoms with Gasteiger partial charge in [-0.3, -0.25) is 9.48 Å². The molecule has 0 radical (unpaired) electrons. The summed E-state index contributed by atoms with van der Waals surface area (Å²) in [6.45, 7) is 1.78. The van der Waals surface area contributed by atoms with Gasteiger partial charge in [-0.25, -0.2) is 0 Å². The number of amides is 1. The Morgan fingerprint density at radius 2 is 2.00 bits per heavy atom. The van der Waals surface area contributed by atoms with Crippen LogP contribution in [0.15, 0.2) is 30.5 Å². The molecule has 0 aliphatic carbocycles. The fourth-order valence-corrected chi connectivity index (χ4v) is 3.66. The maximum Gasteiger partial charge on any atom is 0.228 e. The molecule has 1 saturated heterocycles. The van der Waals surface area contributed by atoms with Crippen LogP contribution in [0.4, 0.5) is 5.82 Å². The number of aliphatic hydroxyl groups is 1. The Bertz CT molecular complexity index is 1010. The van der Waals surface area contributed by atoms with E-state index in [0.717, 1.165) is 53.7 Å². The van der Waals surface area contributed by atoms with Crippen LogP contribution >= 0.6 is 0 Å². The Labute approximate surface area is 163 Å². The minimum Gasteiger partial charge on any atom is -0.390 e. The van der Waals surface area contributed by atoms with Crippen molar-refractivity contribution in [3.8, 4) is 11.1 Å². The van der Waals surface area contributed by atoms with Crippen LogP contribution < -0.4 is 5.32 Å². The van der Waals surface area contributed by atoms with E-state index in [1.54, 1.807) is 17.9 Å². The van der Waals surface area contributed by atoms with Gasteiger partial charge < -0.3 is 15.3 Å². The summed E-state index contributed by atoms with van der Waals surface area (Å²) in [5.41, 5.74) is 3.30. The lowest BCUT2D eigenvalue weighted by molar-refractivity contribution is -0.121. The van der Waals surface area contributed by atoms with Gasteiger partial charge >= 0.3 is 0 Å². The molecule has 146 valence electrons. The lowest BCUT2D eigenvalue weighted by Crippen LogP contribution is -2.36. The molecule has 1 aromatic carbocycles. The number of aliphatic hydroxyl groups excluding tert-OH is 1. The van der Waals surface area contributed by atoms with Gasteiger partial charge in [-0.1, -0.05) is 6.07 Å². The Kier molecular flexibility index (Phi) is 5.06. The molecule has 2 N–H and O–H groups in total. The van der Waals surface area contributed by atoms with Crippen molar-refractivity contribution in [2.24, 2.45) is 13.0 Å². The van der Waals surface area contributed by atoms with E-state index in [-0.39, 0.29) is 18.4 Å². The van der Waals surface area contributed by atoms with E-state index >= 15 is 0 Å². The van der Waals surface area contributed by atoms with Crippen molar-refractivity contribution < 1.29 is 9.90 Å². The highest BCUT2D eigenvalue weighted by Gasteiger charge is 2.23. The van der Waals surface area contributed by atoms with Gasteiger partial charge in [0.15, 0.2) is 5.82 Å². The SMILES string of the molecule is CN1CCC(C(=O)Nc2cc3cc(-c4cnn(C)c4CO)ccc3nn2)CC1. The average Bonchev–Trinajstić information content (AvgIpc) is 3.08. The minimum absolute atomic E-state index is 0.00716. The molecule has 2 aromatic heterocycles. The molecule has 3 heterocycles. The topological polar surface area (TPSA) is 96.2 Å². The highest BCUT2D eigenvalue weighted by atomic mass is 16.3. The second-order valence-electron chi connectivity index (χ2n) is 7.36. The first kappa shape index (κ1) is 18.5. The van der Waals surface area contributed by atoms with Gasteiger partial charge in [0.05, 0.1) is 24.0 Å². The standard InChI is InChI=1S/C20H24N6O2/c1-25-7-5-13(6-8-25)20(28)22-19-10-15-9-14(3-4-17(15)23-24-19)16-11-21-26(2)18(16)12-27/h3-4,9-11,13,27H,5-8,12H2,1-2H3,(H,22,24,28).